The van der Waals surface area contributed by atoms with E-state index in [0.29, 0.717) is 18.4 Å². The summed E-state index contributed by atoms with van der Waals surface area (Å²) in [6.07, 6.45) is -2.65. The minimum atomic E-state index is -4.91. The van der Waals surface area contributed by atoms with Crippen LogP contribution in [0.2, 0.25) is 0 Å². The predicted octanol–water partition coefficient (Wildman–Crippen LogP) is 4.17. The highest BCUT2D eigenvalue weighted by Gasteiger charge is 2.39. The number of hydrogen-bond donors (Lipinski definition) is 1. The Kier molecular flexibility index (Phi) is 6.81. The molecule has 1 amide bonds. The van der Waals surface area contributed by atoms with Gasteiger partial charge in [0.25, 0.3) is 0 Å². The van der Waals surface area contributed by atoms with Crippen LogP contribution in [-0.4, -0.2) is 24.2 Å². The van der Waals surface area contributed by atoms with Crippen LogP contribution >= 0.6 is 0 Å². The normalized spacial score (nSPS) is 15.5. The molecular formula is C17H22F3NO2. The molecule has 0 aromatic heterocycles. The van der Waals surface area contributed by atoms with Gasteiger partial charge in [0.15, 0.2) is 0 Å². The average molecular weight is 329 g/mol. The standard InChI is InChI=1S/C17H22F3NO2/c1-4-11-16(3,5-2)23-14(13-9-7-6-8-10-13)12-21-15(22)17(18,19)20/h4,6-10,14H,1,5,11-12H2,2-3H3,(H,21,22)/t14-,16-/m1/s1. The minimum absolute atomic E-state index is 0.255. The number of carbonyl (C=O) groups is 1. The second-order valence-corrected chi connectivity index (χ2v) is 5.52. The van der Waals surface area contributed by atoms with Crippen molar-refractivity contribution >= 4 is 5.91 Å². The SMILES string of the molecule is C=CC[C@@](C)(CC)O[C@H](CNC(=O)C(F)(F)F)c1ccccc1. The van der Waals surface area contributed by atoms with E-state index in [1.165, 1.54) is 0 Å². The lowest BCUT2D eigenvalue weighted by Gasteiger charge is -2.33. The summed E-state index contributed by atoms with van der Waals surface area (Å²) >= 11 is 0. The minimum Gasteiger partial charge on any atom is -0.365 e. The average Bonchev–Trinajstić information content (AvgIpc) is 2.51. The van der Waals surface area contributed by atoms with Crippen LogP contribution in [0.4, 0.5) is 13.2 Å². The highest BCUT2D eigenvalue weighted by Crippen LogP contribution is 2.29. The fourth-order valence-electron chi connectivity index (χ4n) is 2.11. The largest absolute Gasteiger partial charge is 0.471 e. The summed E-state index contributed by atoms with van der Waals surface area (Å²) < 4.78 is 43.1. The first-order valence-electron chi connectivity index (χ1n) is 7.40. The summed E-state index contributed by atoms with van der Waals surface area (Å²) in [6, 6.07) is 8.86. The van der Waals surface area contributed by atoms with Crippen molar-refractivity contribution in [3.05, 3.63) is 48.6 Å². The lowest BCUT2D eigenvalue weighted by atomic mass is 9.97. The molecule has 1 rings (SSSR count). The molecule has 0 unspecified atom stereocenters. The summed E-state index contributed by atoms with van der Waals surface area (Å²) in [4.78, 5) is 11.1. The first kappa shape index (κ1) is 19.2. The quantitative estimate of drug-likeness (QED) is 0.727. The molecule has 0 bridgehead atoms. The molecule has 0 aliphatic heterocycles. The summed E-state index contributed by atoms with van der Waals surface area (Å²) in [5, 5.41) is 1.90. The fraction of sp³-hybridized carbons (Fsp3) is 0.471. The van der Waals surface area contributed by atoms with E-state index in [1.807, 2.05) is 19.2 Å². The third-order valence-corrected chi connectivity index (χ3v) is 3.63. The second-order valence-electron chi connectivity index (χ2n) is 5.52. The number of hydrogen-bond acceptors (Lipinski definition) is 2. The van der Waals surface area contributed by atoms with Crippen LogP contribution in [0.3, 0.4) is 0 Å². The molecular weight excluding hydrogens is 307 g/mol. The Morgan fingerprint density at radius 3 is 2.43 bits per heavy atom. The highest BCUT2D eigenvalue weighted by molar-refractivity contribution is 5.81. The lowest BCUT2D eigenvalue weighted by molar-refractivity contribution is -0.174. The van der Waals surface area contributed by atoms with Crippen LogP contribution in [0.5, 0.6) is 0 Å². The molecule has 3 nitrogen and oxygen atoms in total. The number of halogens is 3. The Bertz CT molecular complexity index is 516. The second kappa shape index (κ2) is 8.15. The summed E-state index contributed by atoms with van der Waals surface area (Å²) in [5.41, 5.74) is 0.143. The van der Waals surface area contributed by atoms with E-state index in [2.05, 4.69) is 6.58 Å². The van der Waals surface area contributed by atoms with Crippen molar-refractivity contribution < 1.29 is 22.7 Å². The van der Waals surface area contributed by atoms with Crippen LogP contribution in [-0.2, 0) is 9.53 Å². The van der Waals surface area contributed by atoms with Crippen molar-refractivity contribution in [2.45, 2.75) is 44.6 Å². The maximum absolute atomic E-state index is 12.4. The molecule has 6 heteroatoms. The van der Waals surface area contributed by atoms with Gasteiger partial charge in [0.2, 0.25) is 0 Å². The van der Waals surface area contributed by atoms with Crippen molar-refractivity contribution in [3.8, 4) is 0 Å². The van der Waals surface area contributed by atoms with E-state index >= 15 is 0 Å². The third kappa shape index (κ3) is 6.06. The molecule has 0 saturated heterocycles. The van der Waals surface area contributed by atoms with E-state index < -0.39 is 23.8 Å². The molecule has 0 heterocycles. The molecule has 0 radical (unpaired) electrons. The first-order chi connectivity index (χ1) is 10.7. The number of ether oxygens (including phenoxy) is 1. The fourth-order valence-corrected chi connectivity index (χ4v) is 2.11. The zero-order valence-corrected chi connectivity index (χ0v) is 13.3. The van der Waals surface area contributed by atoms with E-state index in [0.717, 1.165) is 0 Å². The number of alkyl halides is 3. The topological polar surface area (TPSA) is 38.3 Å². The van der Waals surface area contributed by atoms with Crippen molar-refractivity contribution in [1.29, 1.82) is 0 Å². The first-order valence-corrected chi connectivity index (χ1v) is 7.40. The molecule has 128 valence electrons. The van der Waals surface area contributed by atoms with Crippen LogP contribution in [0.1, 0.15) is 38.4 Å². The van der Waals surface area contributed by atoms with E-state index in [9.17, 15) is 18.0 Å². The molecule has 0 saturated carbocycles. The van der Waals surface area contributed by atoms with Crippen LogP contribution in [0, 0.1) is 0 Å². The Balaban J connectivity index is 2.90. The number of rotatable bonds is 8. The van der Waals surface area contributed by atoms with Crippen molar-refractivity contribution in [3.63, 3.8) is 0 Å². The molecule has 23 heavy (non-hydrogen) atoms. The van der Waals surface area contributed by atoms with Crippen LogP contribution in [0.15, 0.2) is 43.0 Å². The van der Waals surface area contributed by atoms with E-state index in [4.69, 9.17) is 4.74 Å². The molecule has 0 fully saturated rings. The van der Waals surface area contributed by atoms with Gasteiger partial charge < -0.3 is 10.1 Å². The van der Waals surface area contributed by atoms with Crippen molar-refractivity contribution in [2.75, 3.05) is 6.54 Å². The zero-order valence-electron chi connectivity index (χ0n) is 13.3. The Morgan fingerprint density at radius 1 is 1.35 bits per heavy atom. The monoisotopic (exact) mass is 329 g/mol. The summed E-state index contributed by atoms with van der Waals surface area (Å²) in [5.74, 6) is -1.97. The van der Waals surface area contributed by atoms with Crippen molar-refractivity contribution in [2.24, 2.45) is 0 Å². The van der Waals surface area contributed by atoms with Gasteiger partial charge in [0, 0.05) is 6.54 Å². The Morgan fingerprint density at radius 2 is 1.96 bits per heavy atom. The molecule has 2 atom stereocenters. The van der Waals surface area contributed by atoms with Gasteiger partial charge in [-0.1, -0.05) is 43.3 Å². The predicted molar refractivity (Wildman–Crippen MR) is 82.8 cm³/mol. The Labute approximate surface area is 134 Å². The lowest BCUT2D eigenvalue weighted by Crippen LogP contribution is -2.41. The number of nitrogens with one attached hydrogen (secondary N) is 1. The molecule has 0 aliphatic rings. The van der Waals surface area contributed by atoms with Crippen molar-refractivity contribution in [1.82, 2.24) is 5.32 Å². The molecule has 1 N–H and O–H groups in total. The molecule has 1 aromatic carbocycles. The number of carbonyl (C=O) groups excluding carboxylic acids is 1. The van der Waals surface area contributed by atoms with Gasteiger partial charge in [0.05, 0.1) is 5.60 Å². The van der Waals surface area contributed by atoms with Gasteiger partial charge in [0.1, 0.15) is 6.10 Å². The van der Waals surface area contributed by atoms with Gasteiger partial charge in [-0.3, -0.25) is 4.79 Å². The van der Waals surface area contributed by atoms with E-state index in [1.54, 1.807) is 36.4 Å². The summed E-state index contributed by atoms with van der Waals surface area (Å²) in [7, 11) is 0. The molecule has 1 aromatic rings. The van der Waals surface area contributed by atoms with Gasteiger partial charge in [-0.15, -0.1) is 6.58 Å². The maximum atomic E-state index is 12.4. The maximum Gasteiger partial charge on any atom is 0.471 e. The van der Waals surface area contributed by atoms with Gasteiger partial charge >= 0.3 is 12.1 Å². The Hall–Kier alpha value is -1.82. The summed E-state index contributed by atoms with van der Waals surface area (Å²) in [6.45, 7) is 7.23. The van der Waals surface area contributed by atoms with E-state index in [-0.39, 0.29) is 6.54 Å². The smallest absolute Gasteiger partial charge is 0.365 e. The zero-order chi connectivity index (χ0) is 17.5. The number of benzene rings is 1. The van der Waals surface area contributed by atoms with Gasteiger partial charge in [-0.25, -0.2) is 0 Å². The molecule has 0 spiro atoms. The molecule has 0 aliphatic carbocycles. The van der Waals surface area contributed by atoms with Gasteiger partial charge in [-0.05, 0) is 25.3 Å². The third-order valence-electron chi connectivity index (χ3n) is 3.63. The van der Waals surface area contributed by atoms with Crippen LogP contribution < -0.4 is 5.32 Å². The highest BCUT2D eigenvalue weighted by atomic mass is 19.4. The van der Waals surface area contributed by atoms with Crippen LogP contribution in [0.25, 0.3) is 0 Å². The van der Waals surface area contributed by atoms with Gasteiger partial charge in [-0.2, -0.15) is 13.2 Å². The number of amides is 1.